The highest BCUT2D eigenvalue weighted by Crippen LogP contribution is 2.22. The summed E-state index contributed by atoms with van der Waals surface area (Å²) >= 11 is 0. The molecule has 0 saturated heterocycles. The van der Waals surface area contributed by atoms with Gasteiger partial charge in [-0.15, -0.1) is 0 Å². The average Bonchev–Trinajstić information content (AvgIpc) is 2.79. The molecule has 4 nitrogen and oxygen atoms in total. The molecule has 86 valence electrons. The Morgan fingerprint density at radius 2 is 1.94 bits per heavy atom. The normalized spacial score (nSPS) is 9.94. The second-order valence-corrected chi connectivity index (χ2v) is 3.48. The molecule has 0 radical (unpaired) electrons. The van der Waals surface area contributed by atoms with Crippen molar-refractivity contribution in [2.24, 2.45) is 5.11 Å². The molecule has 2 rings (SSSR count). The van der Waals surface area contributed by atoms with Crippen molar-refractivity contribution in [2.45, 2.75) is 6.42 Å². The Hall–Kier alpha value is -2.26. The molecule has 0 aliphatic carbocycles. The van der Waals surface area contributed by atoms with Gasteiger partial charge in [0.05, 0.1) is 0 Å². The van der Waals surface area contributed by atoms with Gasteiger partial charge in [0.15, 0.2) is 0 Å². The van der Waals surface area contributed by atoms with Crippen molar-refractivity contribution in [3.8, 4) is 11.3 Å². The molecule has 0 bridgehead atoms. The summed E-state index contributed by atoms with van der Waals surface area (Å²) in [6.07, 6.45) is 0.561. The van der Waals surface area contributed by atoms with Gasteiger partial charge in [0.1, 0.15) is 17.3 Å². The van der Waals surface area contributed by atoms with E-state index in [1.807, 2.05) is 12.1 Å². The van der Waals surface area contributed by atoms with E-state index < -0.39 is 0 Å². The van der Waals surface area contributed by atoms with Crippen LogP contribution in [0.4, 0.5) is 4.39 Å². The van der Waals surface area contributed by atoms with E-state index in [2.05, 4.69) is 10.0 Å². The summed E-state index contributed by atoms with van der Waals surface area (Å²) in [7, 11) is 0. The quantitative estimate of drug-likeness (QED) is 0.446. The minimum Gasteiger partial charge on any atom is -0.461 e. The molecule has 0 aliphatic rings. The number of nitrogens with zero attached hydrogens (tertiary/aromatic N) is 3. The lowest BCUT2D eigenvalue weighted by Crippen LogP contribution is -1.84. The smallest absolute Gasteiger partial charge is 0.134 e. The first kappa shape index (κ1) is 11.2. The van der Waals surface area contributed by atoms with Gasteiger partial charge in [0, 0.05) is 23.4 Å². The molecule has 17 heavy (non-hydrogen) atoms. The van der Waals surface area contributed by atoms with Crippen molar-refractivity contribution in [1.82, 2.24) is 0 Å². The summed E-state index contributed by atoms with van der Waals surface area (Å²) in [4.78, 5) is 2.67. The Bertz CT molecular complexity index is 541. The number of azide groups is 1. The molecule has 5 heteroatoms. The van der Waals surface area contributed by atoms with Gasteiger partial charge < -0.3 is 4.42 Å². The molecule has 0 aliphatic heterocycles. The molecule has 2 aromatic rings. The first-order valence-electron chi connectivity index (χ1n) is 5.15. The van der Waals surface area contributed by atoms with Crippen molar-refractivity contribution in [3.63, 3.8) is 0 Å². The molecule has 0 amide bonds. The van der Waals surface area contributed by atoms with Crippen molar-refractivity contribution in [2.75, 3.05) is 6.54 Å². The molecule has 1 heterocycles. The van der Waals surface area contributed by atoms with E-state index in [1.165, 1.54) is 12.1 Å². The zero-order valence-electron chi connectivity index (χ0n) is 9.01. The predicted octanol–water partition coefficient (Wildman–Crippen LogP) is 3.94. The number of hydrogen-bond donors (Lipinski definition) is 0. The van der Waals surface area contributed by atoms with E-state index in [1.54, 1.807) is 12.1 Å². The van der Waals surface area contributed by atoms with Crippen molar-refractivity contribution in [1.29, 1.82) is 0 Å². The Kier molecular flexibility index (Phi) is 3.43. The van der Waals surface area contributed by atoms with Crippen molar-refractivity contribution in [3.05, 3.63) is 58.4 Å². The lowest BCUT2D eigenvalue weighted by molar-refractivity contribution is 0.523. The zero-order chi connectivity index (χ0) is 12.1. The second kappa shape index (κ2) is 5.18. The molecule has 0 spiro atoms. The molecule has 0 atom stereocenters. The zero-order valence-corrected chi connectivity index (χ0v) is 9.01. The molecular weight excluding hydrogens is 221 g/mol. The average molecular weight is 231 g/mol. The summed E-state index contributed by atoms with van der Waals surface area (Å²) in [6, 6.07) is 9.73. The van der Waals surface area contributed by atoms with Crippen LogP contribution in [0.15, 0.2) is 45.9 Å². The third kappa shape index (κ3) is 2.86. The van der Waals surface area contributed by atoms with Gasteiger partial charge in [-0.2, -0.15) is 0 Å². The standard InChI is InChI=1S/C12H10FN3O/c13-10-3-1-9(2-4-10)12-6-5-11(17-12)7-8-15-16-14/h1-6H,7-8H2. The molecule has 1 aromatic heterocycles. The monoisotopic (exact) mass is 231 g/mol. The minimum absolute atomic E-state index is 0.274. The van der Waals surface area contributed by atoms with Crippen LogP contribution in [0.2, 0.25) is 0 Å². The first-order chi connectivity index (χ1) is 8.29. The van der Waals surface area contributed by atoms with E-state index in [0.717, 1.165) is 11.3 Å². The summed E-state index contributed by atoms with van der Waals surface area (Å²) < 4.78 is 18.3. The Balaban J connectivity index is 2.12. The van der Waals surface area contributed by atoms with Crippen molar-refractivity contribution < 1.29 is 8.81 Å². The van der Waals surface area contributed by atoms with E-state index in [0.29, 0.717) is 18.7 Å². The van der Waals surface area contributed by atoms with Crippen LogP contribution in [-0.2, 0) is 6.42 Å². The third-order valence-corrected chi connectivity index (χ3v) is 2.31. The van der Waals surface area contributed by atoms with E-state index in [4.69, 9.17) is 9.95 Å². The Morgan fingerprint density at radius 3 is 2.65 bits per heavy atom. The number of furan rings is 1. The van der Waals surface area contributed by atoms with Crippen LogP contribution in [0.25, 0.3) is 21.8 Å². The molecule has 0 N–H and O–H groups in total. The number of benzene rings is 1. The fourth-order valence-corrected chi connectivity index (χ4v) is 1.49. The Labute approximate surface area is 97.3 Å². The van der Waals surface area contributed by atoms with Crippen LogP contribution in [0.5, 0.6) is 0 Å². The van der Waals surface area contributed by atoms with Gasteiger partial charge in [-0.05, 0) is 41.9 Å². The minimum atomic E-state index is -0.274. The summed E-state index contributed by atoms with van der Waals surface area (Å²) in [5.41, 5.74) is 8.97. The van der Waals surface area contributed by atoms with Gasteiger partial charge in [0.25, 0.3) is 0 Å². The summed E-state index contributed by atoms with van der Waals surface area (Å²) in [6.45, 7) is 0.368. The number of halogens is 1. The van der Waals surface area contributed by atoms with Gasteiger partial charge in [-0.1, -0.05) is 5.11 Å². The van der Waals surface area contributed by atoms with Crippen LogP contribution in [0.3, 0.4) is 0 Å². The van der Waals surface area contributed by atoms with Crippen LogP contribution in [0.1, 0.15) is 5.76 Å². The van der Waals surface area contributed by atoms with Crippen LogP contribution in [0, 0.1) is 5.82 Å². The lowest BCUT2D eigenvalue weighted by atomic mass is 10.2. The van der Waals surface area contributed by atoms with E-state index in [9.17, 15) is 4.39 Å². The number of hydrogen-bond acceptors (Lipinski definition) is 2. The van der Waals surface area contributed by atoms with E-state index >= 15 is 0 Å². The highest BCUT2D eigenvalue weighted by Gasteiger charge is 2.04. The fourth-order valence-electron chi connectivity index (χ4n) is 1.49. The maximum atomic E-state index is 12.7. The first-order valence-corrected chi connectivity index (χ1v) is 5.15. The van der Waals surface area contributed by atoms with Gasteiger partial charge >= 0.3 is 0 Å². The largest absolute Gasteiger partial charge is 0.461 e. The van der Waals surface area contributed by atoms with Gasteiger partial charge in [-0.3, -0.25) is 0 Å². The SMILES string of the molecule is [N-]=[N+]=NCCc1ccc(-c2ccc(F)cc2)o1. The molecule has 0 unspecified atom stereocenters. The second-order valence-electron chi connectivity index (χ2n) is 3.48. The maximum Gasteiger partial charge on any atom is 0.134 e. The maximum absolute atomic E-state index is 12.7. The highest BCUT2D eigenvalue weighted by molar-refractivity contribution is 5.57. The summed E-state index contributed by atoms with van der Waals surface area (Å²) in [5, 5.41) is 3.43. The van der Waals surface area contributed by atoms with Crippen LogP contribution in [-0.4, -0.2) is 6.54 Å². The third-order valence-electron chi connectivity index (χ3n) is 2.31. The Morgan fingerprint density at radius 1 is 1.18 bits per heavy atom. The molecule has 0 fully saturated rings. The van der Waals surface area contributed by atoms with Gasteiger partial charge in [0.2, 0.25) is 0 Å². The molecular formula is C12H10FN3O. The van der Waals surface area contributed by atoms with Gasteiger partial charge in [-0.25, -0.2) is 4.39 Å². The lowest BCUT2D eigenvalue weighted by Gasteiger charge is -1.96. The molecule has 0 saturated carbocycles. The fraction of sp³-hybridized carbons (Fsp3) is 0.167. The number of rotatable bonds is 4. The topological polar surface area (TPSA) is 61.9 Å². The van der Waals surface area contributed by atoms with Crippen LogP contribution >= 0.6 is 0 Å². The van der Waals surface area contributed by atoms with Crippen molar-refractivity contribution >= 4 is 0 Å². The highest BCUT2D eigenvalue weighted by atomic mass is 19.1. The molecule has 1 aromatic carbocycles. The van der Waals surface area contributed by atoms with E-state index in [-0.39, 0.29) is 5.82 Å². The van der Waals surface area contributed by atoms with Crippen LogP contribution < -0.4 is 0 Å². The predicted molar refractivity (Wildman–Crippen MR) is 61.8 cm³/mol. The summed E-state index contributed by atoms with van der Waals surface area (Å²) in [5.74, 6) is 1.15.